The van der Waals surface area contributed by atoms with Crippen molar-refractivity contribution in [3.63, 3.8) is 0 Å². The number of hydrogen-bond acceptors (Lipinski definition) is 5. The monoisotopic (exact) mass is 389 g/mol. The molecule has 0 spiro atoms. The lowest BCUT2D eigenvalue weighted by Gasteiger charge is -2.32. The van der Waals surface area contributed by atoms with Crippen molar-refractivity contribution < 1.29 is 14.3 Å². The van der Waals surface area contributed by atoms with Crippen LogP contribution in [0.1, 0.15) is 23.2 Å². The van der Waals surface area contributed by atoms with Crippen molar-refractivity contribution in [3.8, 4) is 22.9 Å². The van der Waals surface area contributed by atoms with Crippen LogP contribution in [0, 0.1) is 0 Å². The maximum Gasteiger partial charge on any atom is 0.253 e. The summed E-state index contributed by atoms with van der Waals surface area (Å²) in [5.74, 6) is 0.910. The molecule has 1 aliphatic rings. The lowest BCUT2D eigenvalue weighted by Crippen LogP contribution is -2.44. The Kier molecular flexibility index (Phi) is 5.70. The lowest BCUT2D eigenvalue weighted by molar-refractivity contribution is 0.0525. The van der Waals surface area contributed by atoms with Crippen molar-refractivity contribution in [2.24, 2.45) is 0 Å². The molecule has 1 unspecified atom stereocenters. The number of likely N-dealkylation sites (tertiary alicyclic amines) is 1. The number of nitrogens with zero attached hydrogens (tertiary/aromatic N) is 3. The predicted octanol–water partition coefficient (Wildman–Crippen LogP) is 3.84. The summed E-state index contributed by atoms with van der Waals surface area (Å²) >= 11 is 0. The van der Waals surface area contributed by atoms with Gasteiger partial charge in [-0.15, -0.1) is 10.2 Å². The van der Waals surface area contributed by atoms with Gasteiger partial charge in [-0.3, -0.25) is 4.79 Å². The molecule has 1 aromatic heterocycles. The number of carbonyl (C=O) groups excluding carboxylic acids is 1. The van der Waals surface area contributed by atoms with Gasteiger partial charge in [0.2, 0.25) is 11.8 Å². The van der Waals surface area contributed by atoms with Crippen LogP contribution in [-0.2, 0) is 0 Å². The maximum atomic E-state index is 13.0. The number of piperidine rings is 1. The normalized spacial score (nSPS) is 16.3. The maximum absolute atomic E-state index is 13.0. The minimum atomic E-state index is -0.0982. The molecule has 0 aliphatic carbocycles. The van der Waals surface area contributed by atoms with Gasteiger partial charge in [-0.25, -0.2) is 0 Å². The molecular weight excluding hydrogens is 366 g/mol. The van der Waals surface area contributed by atoms with Gasteiger partial charge in [0.1, 0.15) is 6.10 Å². The smallest absolute Gasteiger partial charge is 0.253 e. The summed E-state index contributed by atoms with van der Waals surface area (Å²) in [6.45, 7) is 1.26. The first-order valence-corrected chi connectivity index (χ1v) is 9.72. The molecule has 4 rings (SSSR count). The van der Waals surface area contributed by atoms with Gasteiger partial charge in [0.15, 0.2) is 0 Å². The molecule has 1 amide bonds. The van der Waals surface area contributed by atoms with E-state index in [4.69, 9.17) is 9.47 Å². The van der Waals surface area contributed by atoms with E-state index in [9.17, 15) is 4.79 Å². The molecular formula is C23H23N3O3. The Balaban J connectivity index is 1.40. The first kappa shape index (κ1) is 18.9. The van der Waals surface area contributed by atoms with Crippen LogP contribution in [0.2, 0.25) is 0 Å². The Labute approximate surface area is 170 Å². The SMILES string of the molecule is COc1ccc(OC2CCCN(C(=O)c3ccc(-c4ccccc4)cc3)C2)nn1. The van der Waals surface area contributed by atoms with Crippen molar-refractivity contribution in [1.29, 1.82) is 0 Å². The third-order valence-electron chi connectivity index (χ3n) is 5.02. The summed E-state index contributed by atoms with van der Waals surface area (Å²) in [4.78, 5) is 14.8. The zero-order chi connectivity index (χ0) is 20.1. The topological polar surface area (TPSA) is 64.6 Å². The van der Waals surface area contributed by atoms with E-state index in [1.807, 2.05) is 47.4 Å². The van der Waals surface area contributed by atoms with Gasteiger partial charge in [0, 0.05) is 24.2 Å². The molecule has 0 radical (unpaired) electrons. The Hall–Kier alpha value is -3.41. The predicted molar refractivity (Wildman–Crippen MR) is 110 cm³/mol. The molecule has 6 nitrogen and oxygen atoms in total. The quantitative estimate of drug-likeness (QED) is 0.663. The molecule has 0 saturated carbocycles. The first-order chi connectivity index (χ1) is 14.2. The van der Waals surface area contributed by atoms with E-state index < -0.39 is 0 Å². The minimum Gasteiger partial charge on any atom is -0.480 e. The molecule has 1 fully saturated rings. The van der Waals surface area contributed by atoms with Crippen LogP contribution < -0.4 is 9.47 Å². The fourth-order valence-electron chi connectivity index (χ4n) is 3.49. The second-order valence-electron chi connectivity index (χ2n) is 6.99. The largest absolute Gasteiger partial charge is 0.480 e. The molecule has 0 bridgehead atoms. The highest BCUT2D eigenvalue weighted by Crippen LogP contribution is 2.22. The van der Waals surface area contributed by atoms with Crippen molar-refractivity contribution in [2.75, 3.05) is 20.2 Å². The Morgan fingerprint density at radius 1 is 0.931 bits per heavy atom. The van der Waals surface area contributed by atoms with E-state index in [0.29, 0.717) is 23.9 Å². The highest BCUT2D eigenvalue weighted by molar-refractivity contribution is 5.94. The van der Waals surface area contributed by atoms with Crippen LogP contribution in [0.25, 0.3) is 11.1 Å². The van der Waals surface area contributed by atoms with Gasteiger partial charge >= 0.3 is 0 Å². The van der Waals surface area contributed by atoms with Crippen LogP contribution >= 0.6 is 0 Å². The number of methoxy groups -OCH3 is 1. The number of amides is 1. The Morgan fingerprint density at radius 3 is 2.31 bits per heavy atom. The number of carbonyl (C=O) groups is 1. The summed E-state index contributed by atoms with van der Waals surface area (Å²) in [5.41, 5.74) is 2.92. The second-order valence-corrected chi connectivity index (χ2v) is 6.99. The lowest BCUT2D eigenvalue weighted by atomic mass is 10.0. The third kappa shape index (κ3) is 4.54. The van der Waals surface area contributed by atoms with E-state index in [0.717, 1.165) is 30.5 Å². The Bertz CT molecular complexity index is 943. The van der Waals surface area contributed by atoms with E-state index in [-0.39, 0.29) is 12.0 Å². The summed E-state index contributed by atoms with van der Waals surface area (Å²) in [6.07, 6.45) is 1.67. The molecule has 3 aromatic rings. The van der Waals surface area contributed by atoms with Gasteiger partial charge < -0.3 is 14.4 Å². The molecule has 2 heterocycles. The number of aromatic nitrogens is 2. The highest BCUT2D eigenvalue weighted by Gasteiger charge is 2.26. The molecule has 148 valence electrons. The molecule has 1 aliphatic heterocycles. The van der Waals surface area contributed by atoms with Crippen molar-refractivity contribution in [3.05, 3.63) is 72.3 Å². The molecule has 0 N–H and O–H groups in total. The van der Waals surface area contributed by atoms with Crippen LogP contribution in [0.4, 0.5) is 0 Å². The van der Waals surface area contributed by atoms with Crippen LogP contribution in [0.3, 0.4) is 0 Å². The van der Waals surface area contributed by atoms with Crippen molar-refractivity contribution in [2.45, 2.75) is 18.9 Å². The molecule has 29 heavy (non-hydrogen) atoms. The first-order valence-electron chi connectivity index (χ1n) is 9.72. The van der Waals surface area contributed by atoms with E-state index >= 15 is 0 Å². The number of ether oxygens (including phenoxy) is 2. The van der Waals surface area contributed by atoms with Gasteiger partial charge in [-0.1, -0.05) is 42.5 Å². The number of hydrogen-bond donors (Lipinski definition) is 0. The van der Waals surface area contributed by atoms with Gasteiger partial charge in [-0.05, 0) is 36.1 Å². The summed E-state index contributed by atoms with van der Waals surface area (Å²) < 4.78 is 10.9. The Morgan fingerprint density at radius 2 is 1.62 bits per heavy atom. The third-order valence-corrected chi connectivity index (χ3v) is 5.02. The summed E-state index contributed by atoms with van der Waals surface area (Å²) in [7, 11) is 1.54. The summed E-state index contributed by atoms with van der Waals surface area (Å²) in [6, 6.07) is 21.3. The highest BCUT2D eigenvalue weighted by atomic mass is 16.5. The average molecular weight is 389 g/mol. The fourth-order valence-corrected chi connectivity index (χ4v) is 3.49. The van der Waals surface area contributed by atoms with E-state index in [1.54, 1.807) is 19.2 Å². The summed E-state index contributed by atoms with van der Waals surface area (Å²) in [5, 5.41) is 7.93. The second kappa shape index (κ2) is 8.73. The number of benzene rings is 2. The van der Waals surface area contributed by atoms with Gasteiger partial charge in [0.05, 0.1) is 13.7 Å². The standard InChI is InChI=1S/C23H23N3O3/c1-28-21-13-14-22(25-24-21)29-20-8-5-15-26(16-20)23(27)19-11-9-18(10-12-19)17-6-3-2-4-7-17/h2-4,6-7,9-14,20H,5,8,15-16H2,1H3. The molecule has 1 atom stereocenters. The van der Waals surface area contributed by atoms with Crippen molar-refractivity contribution in [1.82, 2.24) is 15.1 Å². The van der Waals surface area contributed by atoms with Crippen LogP contribution in [-0.4, -0.2) is 47.3 Å². The molecule has 1 saturated heterocycles. The van der Waals surface area contributed by atoms with Gasteiger partial charge in [0.25, 0.3) is 5.91 Å². The fraction of sp³-hybridized carbons (Fsp3) is 0.261. The zero-order valence-electron chi connectivity index (χ0n) is 16.3. The zero-order valence-corrected chi connectivity index (χ0v) is 16.3. The van der Waals surface area contributed by atoms with E-state index in [1.165, 1.54) is 0 Å². The van der Waals surface area contributed by atoms with E-state index in [2.05, 4.69) is 22.3 Å². The van der Waals surface area contributed by atoms with Gasteiger partial charge in [-0.2, -0.15) is 0 Å². The molecule has 2 aromatic carbocycles. The van der Waals surface area contributed by atoms with Crippen LogP contribution in [0.5, 0.6) is 11.8 Å². The number of rotatable bonds is 5. The van der Waals surface area contributed by atoms with Crippen molar-refractivity contribution >= 4 is 5.91 Å². The molecule has 6 heteroatoms. The van der Waals surface area contributed by atoms with Crippen LogP contribution in [0.15, 0.2) is 66.7 Å². The average Bonchev–Trinajstić information content (AvgIpc) is 2.80. The minimum absolute atomic E-state index is 0.0266.